The smallest absolute Gasteiger partial charge is 0.240 e. The zero-order valence-corrected chi connectivity index (χ0v) is 18.5. The van der Waals surface area contributed by atoms with E-state index in [1.165, 1.54) is 6.42 Å². The SMILES string of the molecule is CN(C)c1nc(CNS(=O)(=O)c2ccc(-n3cccn3)cc2)nc(N2CCCCC2)n1. The van der Waals surface area contributed by atoms with Crippen molar-refractivity contribution >= 4 is 21.9 Å². The van der Waals surface area contributed by atoms with E-state index in [-0.39, 0.29) is 11.4 Å². The van der Waals surface area contributed by atoms with Gasteiger partial charge in [-0.25, -0.2) is 17.8 Å². The molecule has 164 valence electrons. The standard InChI is InChI=1S/C20H26N8O2S/c1-26(2)19-23-18(24-20(25-19)27-12-4-3-5-13-27)15-22-31(29,30)17-9-7-16(8-10-17)28-14-6-11-21-28/h6-11,14,22H,3-5,12-13,15H2,1-2H3. The van der Waals surface area contributed by atoms with Gasteiger partial charge in [0.05, 0.1) is 17.1 Å². The van der Waals surface area contributed by atoms with Crippen LogP contribution in [0.3, 0.4) is 0 Å². The number of aromatic nitrogens is 5. The lowest BCUT2D eigenvalue weighted by atomic mass is 10.1. The van der Waals surface area contributed by atoms with Gasteiger partial charge in [0, 0.05) is 39.6 Å². The first-order valence-electron chi connectivity index (χ1n) is 10.2. The van der Waals surface area contributed by atoms with E-state index in [1.54, 1.807) is 52.3 Å². The van der Waals surface area contributed by atoms with Gasteiger partial charge in [-0.3, -0.25) is 0 Å². The van der Waals surface area contributed by atoms with Crippen LogP contribution in [0.1, 0.15) is 25.1 Å². The zero-order chi connectivity index (χ0) is 21.8. The third-order valence-electron chi connectivity index (χ3n) is 5.03. The molecular formula is C20H26N8O2S. The summed E-state index contributed by atoms with van der Waals surface area (Å²) in [5.41, 5.74) is 0.781. The van der Waals surface area contributed by atoms with Crippen LogP contribution in [0.4, 0.5) is 11.9 Å². The fraction of sp³-hybridized carbons (Fsp3) is 0.400. The molecule has 1 fully saturated rings. The lowest BCUT2D eigenvalue weighted by molar-refractivity contribution is 0.563. The van der Waals surface area contributed by atoms with E-state index in [9.17, 15) is 8.42 Å². The van der Waals surface area contributed by atoms with E-state index in [0.717, 1.165) is 31.6 Å². The molecule has 0 saturated carbocycles. The first kappa shape index (κ1) is 21.2. The molecule has 0 unspecified atom stereocenters. The third kappa shape index (κ3) is 5.00. The van der Waals surface area contributed by atoms with Gasteiger partial charge < -0.3 is 9.80 Å². The van der Waals surface area contributed by atoms with E-state index in [1.807, 2.05) is 14.1 Å². The highest BCUT2D eigenvalue weighted by Gasteiger charge is 2.19. The number of benzene rings is 1. The second-order valence-electron chi connectivity index (χ2n) is 7.56. The van der Waals surface area contributed by atoms with Crippen LogP contribution in [-0.4, -0.2) is 60.3 Å². The van der Waals surface area contributed by atoms with Gasteiger partial charge in [-0.2, -0.15) is 20.1 Å². The van der Waals surface area contributed by atoms with E-state index in [0.29, 0.717) is 17.7 Å². The number of sulfonamides is 1. The quantitative estimate of drug-likeness (QED) is 0.588. The van der Waals surface area contributed by atoms with Gasteiger partial charge in [-0.15, -0.1) is 0 Å². The Morgan fingerprint density at radius 3 is 2.42 bits per heavy atom. The Kier molecular flexibility index (Phi) is 6.14. The first-order chi connectivity index (χ1) is 14.9. The molecule has 11 heteroatoms. The predicted molar refractivity (Wildman–Crippen MR) is 118 cm³/mol. The molecule has 0 radical (unpaired) electrons. The monoisotopic (exact) mass is 442 g/mol. The Balaban J connectivity index is 1.51. The van der Waals surface area contributed by atoms with Crippen molar-refractivity contribution in [3.8, 4) is 5.69 Å². The Morgan fingerprint density at radius 2 is 1.77 bits per heavy atom. The van der Waals surface area contributed by atoms with Gasteiger partial charge in [-0.1, -0.05) is 0 Å². The molecule has 1 aromatic carbocycles. The Labute approximate surface area is 182 Å². The molecule has 10 nitrogen and oxygen atoms in total. The van der Waals surface area contributed by atoms with Crippen LogP contribution in [0.2, 0.25) is 0 Å². The molecular weight excluding hydrogens is 416 g/mol. The summed E-state index contributed by atoms with van der Waals surface area (Å²) >= 11 is 0. The minimum atomic E-state index is -3.72. The second kappa shape index (κ2) is 8.98. The number of hydrogen-bond acceptors (Lipinski definition) is 8. The average molecular weight is 443 g/mol. The van der Waals surface area contributed by atoms with Gasteiger partial charge >= 0.3 is 0 Å². The average Bonchev–Trinajstić information content (AvgIpc) is 3.33. The van der Waals surface area contributed by atoms with Gasteiger partial charge in [0.1, 0.15) is 0 Å². The Morgan fingerprint density at radius 1 is 1.03 bits per heavy atom. The molecule has 1 saturated heterocycles. The summed E-state index contributed by atoms with van der Waals surface area (Å²) in [4.78, 5) is 17.6. The molecule has 0 atom stereocenters. The molecule has 0 aliphatic carbocycles. The van der Waals surface area contributed by atoms with Crippen LogP contribution in [0.5, 0.6) is 0 Å². The van der Waals surface area contributed by atoms with Crippen molar-refractivity contribution in [2.24, 2.45) is 0 Å². The van der Waals surface area contributed by atoms with Crippen LogP contribution < -0.4 is 14.5 Å². The molecule has 0 bridgehead atoms. The predicted octanol–water partition coefficient (Wildman–Crippen LogP) is 1.59. The van der Waals surface area contributed by atoms with Crippen molar-refractivity contribution in [3.05, 3.63) is 48.5 Å². The van der Waals surface area contributed by atoms with Gasteiger partial charge in [0.25, 0.3) is 0 Å². The summed E-state index contributed by atoms with van der Waals surface area (Å²) < 4.78 is 29.8. The molecule has 0 spiro atoms. The highest BCUT2D eigenvalue weighted by molar-refractivity contribution is 7.89. The molecule has 1 N–H and O–H groups in total. The normalized spacial score (nSPS) is 14.6. The minimum Gasteiger partial charge on any atom is -0.347 e. The van der Waals surface area contributed by atoms with Crippen molar-refractivity contribution in [1.29, 1.82) is 0 Å². The molecule has 31 heavy (non-hydrogen) atoms. The van der Waals surface area contributed by atoms with Crippen molar-refractivity contribution in [3.63, 3.8) is 0 Å². The Hall–Kier alpha value is -3.05. The first-order valence-corrected chi connectivity index (χ1v) is 11.7. The van der Waals surface area contributed by atoms with E-state index in [4.69, 9.17) is 0 Å². The number of nitrogens with one attached hydrogen (secondary N) is 1. The maximum atomic E-state index is 12.8. The molecule has 1 aliphatic heterocycles. The summed E-state index contributed by atoms with van der Waals surface area (Å²) in [6.45, 7) is 1.77. The number of rotatable bonds is 7. The summed E-state index contributed by atoms with van der Waals surface area (Å²) in [7, 11) is -0.0189. The number of piperidine rings is 1. The van der Waals surface area contributed by atoms with Crippen molar-refractivity contribution < 1.29 is 8.42 Å². The summed E-state index contributed by atoms with van der Waals surface area (Å²) in [6.07, 6.45) is 6.86. The number of hydrogen-bond donors (Lipinski definition) is 1. The van der Waals surface area contributed by atoms with Crippen LogP contribution in [0, 0.1) is 0 Å². The Bertz CT molecular complexity index is 1110. The van der Waals surface area contributed by atoms with Gasteiger partial charge in [0.15, 0.2) is 5.82 Å². The molecule has 4 rings (SSSR count). The molecule has 0 amide bonds. The topological polar surface area (TPSA) is 109 Å². The number of nitrogens with zero attached hydrogens (tertiary/aromatic N) is 7. The molecule has 3 aromatic rings. The summed E-state index contributed by atoms with van der Waals surface area (Å²) in [5.74, 6) is 1.49. The summed E-state index contributed by atoms with van der Waals surface area (Å²) in [6, 6.07) is 8.33. The van der Waals surface area contributed by atoms with Crippen LogP contribution in [0.25, 0.3) is 5.69 Å². The lowest BCUT2D eigenvalue weighted by Crippen LogP contribution is -2.33. The zero-order valence-electron chi connectivity index (χ0n) is 17.6. The van der Waals surface area contributed by atoms with Crippen LogP contribution >= 0.6 is 0 Å². The maximum absolute atomic E-state index is 12.8. The molecule has 1 aliphatic rings. The largest absolute Gasteiger partial charge is 0.347 e. The van der Waals surface area contributed by atoms with Gasteiger partial charge in [0.2, 0.25) is 21.9 Å². The lowest BCUT2D eigenvalue weighted by Gasteiger charge is -2.27. The summed E-state index contributed by atoms with van der Waals surface area (Å²) in [5, 5.41) is 4.14. The highest BCUT2D eigenvalue weighted by Crippen LogP contribution is 2.18. The van der Waals surface area contributed by atoms with Crippen molar-refractivity contribution in [2.75, 3.05) is 37.0 Å². The number of anilines is 2. The maximum Gasteiger partial charge on any atom is 0.240 e. The van der Waals surface area contributed by atoms with E-state index >= 15 is 0 Å². The van der Waals surface area contributed by atoms with E-state index < -0.39 is 10.0 Å². The highest BCUT2D eigenvalue weighted by atomic mass is 32.2. The van der Waals surface area contributed by atoms with Gasteiger partial charge in [-0.05, 0) is 49.6 Å². The van der Waals surface area contributed by atoms with Crippen LogP contribution in [0.15, 0.2) is 47.6 Å². The second-order valence-corrected chi connectivity index (χ2v) is 9.33. The fourth-order valence-corrected chi connectivity index (χ4v) is 4.33. The van der Waals surface area contributed by atoms with Crippen molar-refractivity contribution in [2.45, 2.75) is 30.7 Å². The van der Waals surface area contributed by atoms with E-state index in [2.05, 4.69) is 29.7 Å². The fourth-order valence-electron chi connectivity index (χ4n) is 3.35. The molecule has 2 aromatic heterocycles. The third-order valence-corrected chi connectivity index (χ3v) is 6.45. The molecule has 3 heterocycles. The minimum absolute atomic E-state index is 0.0204. The van der Waals surface area contributed by atoms with Crippen LogP contribution in [-0.2, 0) is 16.6 Å². The van der Waals surface area contributed by atoms with Crippen molar-refractivity contribution in [1.82, 2.24) is 29.5 Å².